The lowest BCUT2D eigenvalue weighted by atomic mass is 10.1. The number of anilines is 1. The number of likely N-dealkylation sites (N-methyl/N-ethyl adjacent to an activating group) is 1. The second-order valence-corrected chi connectivity index (χ2v) is 9.63. The Bertz CT molecular complexity index is 1280. The van der Waals surface area contributed by atoms with Gasteiger partial charge in [0.25, 0.3) is 0 Å². The second kappa shape index (κ2) is 11.0. The molecule has 0 atom stereocenters. The summed E-state index contributed by atoms with van der Waals surface area (Å²) in [6.07, 6.45) is 4.37. The van der Waals surface area contributed by atoms with Gasteiger partial charge >= 0.3 is 0 Å². The fourth-order valence-electron chi connectivity index (χ4n) is 3.07. The summed E-state index contributed by atoms with van der Waals surface area (Å²) in [6, 6.07) is 15.2. The summed E-state index contributed by atoms with van der Waals surface area (Å²) in [5.41, 5.74) is 3.33. The molecule has 34 heavy (non-hydrogen) atoms. The van der Waals surface area contributed by atoms with E-state index < -0.39 is 10.0 Å². The lowest BCUT2D eigenvalue weighted by Gasteiger charge is -2.16. The van der Waals surface area contributed by atoms with Crippen LogP contribution in [0.5, 0.6) is 0 Å². The van der Waals surface area contributed by atoms with Crippen LogP contribution in [0.4, 0.5) is 5.69 Å². The monoisotopic (exact) mass is 481 g/mol. The van der Waals surface area contributed by atoms with Crippen LogP contribution in [-0.4, -0.2) is 38.7 Å². The molecule has 0 aliphatic carbocycles. The largest absolute Gasteiger partial charge is 0.468 e. The number of nitrogens with one attached hydrogen (secondary N) is 2. The molecular weight excluding hydrogens is 454 g/mol. The summed E-state index contributed by atoms with van der Waals surface area (Å²) in [5, 5.41) is 2.82. The average Bonchev–Trinajstić information content (AvgIpc) is 3.32. The van der Waals surface area contributed by atoms with Gasteiger partial charge in [0.05, 0.1) is 24.2 Å². The zero-order chi connectivity index (χ0) is 24.7. The van der Waals surface area contributed by atoms with Gasteiger partial charge in [0.15, 0.2) is 0 Å². The number of benzene rings is 2. The van der Waals surface area contributed by atoms with Gasteiger partial charge in [-0.25, -0.2) is 13.1 Å². The molecule has 3 rings (SSSR count). The Morgan fingerprint density at radius 3 is 2.47 bits per heavy atom. The van der Waals surface area contributed by atoms with Gasteiger partial charge in [0, 0.05) is 18.8 Å². The third kappa shape index (κ3) is 6.90. The summed E-state index contributed by atoms with van der Waals surface area (Å²) in [7, 11) is -2.16. The number of hydrogen-bond donors (Lipinski definition) is 2. The van der Waals surface area contributed by atoms with E-state index in [-0.39, 0.29) is 29.8 Å². The highest BCUT2D eigenvalue weighted by Gasteiger charge is 2.14. The minimum Gasteiger partial charge on any atom is -0.468 e. The van der Waals surface area contributed by atoms with Crippen LogP contribution in [0.2, 0.25) is 0 Å². The standard InChI is InChI=1S/C25H27N3O5S/c1-18-6-7-19(2)23(15-18)27-24(29)17-28(3)25(30)13-10-20-8-11-22(12-9-20)34(31,32)26-16-21-5-4-14-33-21/h4-15,26H,16-17H2,1-3H3,(H,27,29). The third-order valence-electron chi connectivity index (χ3n) is 5.05. The highest BCUT2D eigenvalue weighted by molar-refractivity contribution is 7.89. The first kappa shape index (κ1) is 24.9. The fourth-order valence-corrected chi connectivity index (χ4v) is 4.06. The Balaban J connectivity index is 1.54. The van der Waals surface area contributed by atoms with Crippen LogP contribution >= 0.6 is 0 Å². The predicted molar refractivity (Wildman–Crippen MR) is 130 cm³/mol. The molecule has 8 nitrogen and oxygen atoms in total. The number of carbonyl (C=O) groups excluding carboxylic acids is 2. The number of amides is 2. The van der Waals surface area contributed by atoms with Crippen LogP contribution in [0, 0.1) is 13.8 Å². The number of sulfonamides is 1. The summed E-state index contributed by atoms with van der Waals surface area (Å²) in [6.45, 7) is 3.79. The lowest BCUT2D eigenvalue weighted by Crippen LogP contribution is -2.34. The number of hydrogen-bond acceptors (Lipinski definition) is 5. The van der Waals surface area contributed by atoms with Crippen molar-refractivity contribution in [1.29, 1.82) is 0 Å². The Labute approximate surface area is 199 Å². The molecule has 0 bridgehead atoms. The van der Waals surface area contributed by atoms with E-state index in [0.717, 1.165) is 16.8 Å². The van der Waals surface area contributed by atoms with E-state index in [1.54, 1.807) is 30.3 Å². The summed E-state index contributed by atoms with van der Waals surface area (Å²) in [4.78, 5) is 26.1. The van der Waals surface area contributed by atoms with Crippen LogP contribution in [0.25, 0.3) is 6.08 Å². The van der Waals surface area contributed by atoms with Crippen LogP contribution in [0.1, 0.15) is 22.5 Å². The van der Waals surface area contributed by atoms with E-state index in [4.69, 9.17) is 4.42 Å². The van der Waals surface area contributed by atoms with Crippen molar-refractivity contribution in [2.75, 3.05) is 18.9 Å². The first-order chi connectivity index (χ1) is 16.1. The van der Waals surface area contributed by atoms with Gasteiger partial charge < -0.3 is 14.6 Å². The molecule has 0 fully saturated rings. The molecule has 2 amide bonds. The molecule has 178 valence electrons. The molecule has 2 aromatic carbocycles. The molecule has 0 radical (unpaired) electrons. The molecule has 1 aromatic heterocycles. The van der Waals surface area contributed by atoms with Crippen LogP contribution in [-0.2, 0) is 26.2 Å². The molecule has 9 heteroatoms. The molecule has 1 heterocycles. The van der Waals surface area contributed by atoms with Crippen molar-refractivity contribution in [2.24, 2.45) is 0 Å². The van der Waals surface area contributed by atoms with Crippen LogP contribution in [0.15, 0.2) is 76.2 Å². The molecule has 3 aromatic rings. The zero-order valence-corrected chi connectivity index (χ0v) is 20.1. The molecule has 2 N–H and O–H groups in total. The maximum atomic E-state index is 12.4. The second-order valence-electron chi connectivity index (χ2n) is 7.87. The smallest absolute Gasteiger partial charge is 0.246 e. The lowest BCUT2D eigenvalue weighted by molar-refractivity contribution is -0.129. The van der Waals surface area contributed by atoms with Crippen molar-refractivity contribution < 1.29 is 22.4 Å². The fraction of sp³-hybridized carbons (Fsp3) is 0.200. The van der Waals surface area contributed by atoms with Crippen LogP contribution < -0.4 is 10.0 Å². The summed E-state index contributed by atoms with van der Waals surface area (Å²) < 4.78 is 32.4. The van der Waals surface area contributed by atoms with Gasteiger partial charge in [0.2, 0.25) is 21.8 Å². The van der Waals surface area contributed by atoms with Crippen molar-refractivity contribution in [3.8, 4) is 0 Å². The van der Waals surface area contributed by atoms with Gasteiger partial charge in [-0.1, -0.05) is 24.3 Å². The Morgan fingerprint density at radius 2 is 1.79 bits per heavy atom. The quantitative estimate of drug-likeness (QED) is 0.455. The van der Waals surface area contributed by atoms with Gasteiger partial charge in [-0.15, -0.1) is 0 Å². The maximum absolute atomic E-state index is 12.4. The number of rotatable bonds is 9. The van der Waals surface area contributed by atoms with Crippen molar-refractivity contribution in [3.05, 3.63) is 89.4 Å². The first-order valence-electron chi connectivity index (χ1n) is 10.6. The van der Waals surface area contributed by atoms with E-state index in [0.29, 0.717) is 11.3 Å². The van der Waals surface area contributed by atoms with E-state index in [1.807, 2.05) is 32.0 Å². The third-order valence-corrected chi connectivity index (χ3v) is 6.47. The molecule has 0 aliphatic rings. The normalized spacial score (nSPS) is 11.5. The minimum atomic E-state index is -3.70. The predicted octanol–water partition coefficient (Wildman–Crippen LogP) is 3.49. The Morgan fingerprint density at radius 1 is 1.06 bits per heavy atom. The highest BCUT2D eigenvalue weighted by Crippen LogP contribution is 2.16. The Hall–Kier alpha value is -3.69. The van der Waals surface area contributed by atoms with Crippen molar-refractivity contribution >= 4 is 33.6 Å². The number of carbonyl (C=O) groups is 2. The Kier molecular flexibility index (Phi) is 8.04. The van der Waals surface area contributed by atoms with E-state index in [2.05, 4.69) is 10.0 Å². The SMILES string of the molecule is Cc1ccc(C)c(NC(=O)CN(C)C(=O)C=Cc2ccc(S(=O)(=O)NCc3ccco3)cc2)c1. The van der Waals surface area contributed by atoms with Gasteiger partial charge in [-0.2, -0.15) is 0 Å². The van der Waals surface area contributed by atoms with E-state index >= 15 is 0 Å². The van der Waals surface area contributed by atoms with Crippen molar-refractivity contribution in [1.82, 2.24) is 9.62 Å². The maximum Gasteiger partial charge on any atom is 0.246 e. The topological polar surface area (TPSA) is 109 Å². The number of aryl methyl sites for hydroxylation is 2. The summed E-state index contributed by atoms with van der Waals surface area (Å²) in [5.74, 6) is -0.143. The molecular formula is C25H27N3O5S. The first-order valence-corrected chi connectivity index (χ1v) is 12.0. The molecule has 0 saturated heterocycles. The molecule has 0 aliphatic heterocycles. The average molecular weight is 482 g/mol. The van der Waals surface area contributed by atoms with Gasteiger partial charge in [-0.05, 0) is 66.9 Å². The zero-order valence-electron chi connectivity index (χ0n) is 19.2. The van der Waals surface area contributed by atoms with Gasteiger partial charge in [0.1, 0.15) is 5.76 Å². The van der Waals surface area contributed by atoms with E-state index in [1.165, 1.54) is 36.4 Å². The van der Waals surface area contributed by atoms with Gasteiger partial charge in [-0.3, -0.25) is 9.59 Å². The minimum absolute atomic E-state index is 0.0504. The van der Waals surface area contributed by atoms with Crippen molar-refractivity contribution in [3.63, 3.8) is 0 Å². The van der Waals surface area contributed by atoms with Crippen LogP contribution in [0.3, 0.4) is 0 Å². The van der Waals surface area contributed by atoms with Crippen molar-refractivity contribution in [2.45, 2.75) is 25.3 Å². The summed E-state index contributed by atoms with van der Waals surface area (Å²) >= 11 is 0. The molecule has 0 saturated carbocycles. The molecule has 0 unspecified atom stereocenters. The molecule has 0 spiro atoms. The number of nitrogens with zero attached hydrogens (tertiary/aromatic N) is 1. The highest BCUT2D eigenvalue weighted by atomic mass is 32.2. The number of furan rings is 1. The van der Waals surface area contributed by atoms with E-state index in [9.17, 15) is 18.0 Å².